The van der Waals surface area contributed by atoms with Gasteiger partial charge in [0.1, 0.15) is 29.4 Å². The molecule has 0 saturated heterocycles. The largest absolute Gasteiger partial charge is 0.497 e. The third-order valence-electron chi connectivity index (χ3n) is 4.32. The van der Waals surface area contributed by atoms with E-state index in [-0.39, 0.29) is 18.7 Å². The van der Waals surface area contributed by atoms with Crippen molar-refractivity contribution in [3.8, 4) is 17.2 Å². The highest BCUT2D eigenvalue weighted by atomic mass is 32.1. The first-order valence-electron chi connectivity index (χ1n) is 9.15. The highest BCUT2D eigenvalue weighted by molar-refractivity contribution is 7.16. The summed E-state index contributed by atoms with van der Waals surface area (Å²) in [7, 11) is 4.51. The van der Waals surface area contributed by atoms with Crippen LogP contribution in [0.5, 0.6) is 17.2 Å². The van der Waals surface area contributed by atoms with Gasteiger partial charge in [-0.1, -0.05) is 17.4 Å². The van der Waals surface area contributed by atoms with E-state index in [1.54, 1.807) is 42.9 Å². The number of thiazole rings is 1. The Labute approximate surface area is 177 Å². The highest BCUT2D eigenvalue weighted by Crippen LogP contribution is 2.29. The molecule has 0 saturated carbocycles. The zero-order valence-corrected chi connectivity index (χ0v) is 17.9. The molecule has 0 fully saturated rings. The molecule has 0 radical (unpaired) electrons. The molecule has 30 heavy (non-hydrogen) atoms. The Morgan fingerprint density at radius 1 is 1.03 bits per heavy atom. The van der Waals surface area contributed by atoms with Crippen LogP contribution in [0.15, 0.2) is 41.4 Å². The third kappa shape index (κ3) is 4.30. The molecule has 0 N–H and O–H groups in total. The molecule has 1 aromatic heterocycles. The minimum atomic E-state index is -0.541. The van der Waals surface area contributed by atoms with Crippen LogP contribution >= 0.6 is 11.3 Å². The second kappa shape index (κ2) is 9.45. The maximum atomic E-state index is 13.1. The van der Waals surface area contributed by atoms with Crippen molar-refractivity contribution in [3.05, 3.63) is 46.8 Å². The number of ether oxygens (including phenoxy) is 4. The van der Waals surface area contributed by atoms with Crippen molar-refractivity contribution in [2.45, 2.75) is 13.5 Å². The number of methoxy groups -OCH3 is 3. The fourth-order valence-corrected chi connectivity index (χ4v) is 4.02. The number of esters is 1. The van der Waals surface area contributed by atoms with Crippen molar-refractivity contribution in [2.24, 2.45) is 4.99 Å². The fraction of sp³-hybridized carbons (Fsp3) is 0.286. The van der Waals surface area contributed by atoms with Crippen LogP contribution in [0.4, 0.5) is 0 Å². The number of amides is 1. The first kappa shape index (κ1) is 21.4. The Morgan fingerprint density at radius 3 is 2.33 bits per heavy atom. The first-order chi connectivity index (χ1) is 14.5. The topological polar surface area (TPSA) is 88.4 Å². The number of carbonyl (C=O) groups is 2. The number of fused-ring (bicyclic) bond motifs is 1. The van der Waals surface area contributed by atoms with Gasteiger partial charge in [-0.15, -0.1) is 0 Å². The molecule has 0 unspecified atom stereocenters. The van der Waals surface area contributed by atoms with Gasteiger partial charge >= 0.3 is 5.97 Å². The smallest absolute Gasteiger partial charge is 0.326 e. The van der Waals surface area contributed by atoms with E-state index in [0.29, 0.717) is 22.0 Å². The van der Waals surface area contributed by atoms with Gasteiger partial charge in [0.25, 0.3) is 5.91 Å². The van der Waals surface area contributed by atoms with E-state index in [9.17, 15) is 9.59 Å². The Balaban J connectivity index is 2.18. The standard InChI is InChI=1S/C21H22N2O6S/c1-5-29-18(24)12-23-14-10-9-13(26-2)11-17(14)30-21(23)22-20(25)19-15(27-3)7-6-8-16(19)28-4/h6-11H,5,12H2,1-4H3. The number of benzene rings is 2. The Bertz CT molecular complexity index is 1130. The van der Waals surface area contributed by atoms with Crippen molar-refractivity contribution in [3.63, 3.8) is 0 Å². The molecule has 0 bridgehead atoms. The summed E-state index contributed by atoms with van der Waals surface area (Å²) in [5.74, 6) is 0.402. The molecule has 0 atom stereocenters. The number of rotatable bonds is 7. The maximum absolute atomic E-state index is 13.1. The van der Waals surface area contributed by atoms with Crippen LogP contribution in [0.3, 0.4) is 0 Å². The van der Waals surface area contributed by atoms with Crippen LogP contribution in [0, 0.1) is 0 Å². The molecule has 2 aromatic carbocycles. The predicted octanol–water partition coefficient (Wildman–Crippen LogP) is 3.03. The van der Waals surface area contributed by atoms with E-state index in [4.69, 9.17) is 18.9 Å². The van der Waals surface area contributed by atoms with E-state index in [2.05, 4.69) is 4.99 Å². The Kier molecular flexibility index (Phi) is 6.73. The molecule has 1 heterocycles. The molecular formula is C21H22N2O6S. The van der Waals surface area contributed by atoms with Crippen LogP contribution in [0.25, 0.3) is 10.2 Å². The van der Waals surface area contributed by atoms with Gasteiger partial charge in [0.05, 0.1) is 38.2 Å². The minimum Gasteiger partial charge on any atom is -0.497 e. The van der Waals surface area contributed by atoms with Crippen LogP contribution in [-0.4, -0.2) is 44.4 Å². The van der Waals surface area contributed by atoms with Gasteiger partial charge in [-0.3, -0.25) is 9.59 Å². The minimum absolute atomic E-state index is 0.0741. The zero-order chi connectivity index (χ0) is 21.7. The van der Waals surface area contributed by atoms with Crippen molar-refractivity contribution >= 4 is 33.4 Å². The SMILES string of the molecule is CCOC(=O)Cn1c(=NC(=O)c2c(OC)cccc2OC)sc2cc(OC)ccc21. The van der Waals surface area contributed by atoms with Gasteiger partial charge in [-0.05, 0) is 37.3 Å². The number of hydrogen-bond donors (Lipinski definition) is 0. The number of carbonyl (C=O) groups excluding carboxylic acids is 2. The fourth-order valence-electron chi connectivity index (χ4n) is 2.96. The summed E-state index contributed by atoms with van der Waals surface area (Å²) in [6.45, 7) is 1.93. The molecule has 0 aliphatic heterocycles. The van der Waals surface area contributed by atoms with Gasteiger partial charge in [0.15, 0.2) is 4.80 Å². The summed E-state index contributed by atoms with van der Waals surface area (Å²) < 4.78 is 23.4. The molecule has 3 rings (SSSR count). The molecule has 8 nitrogen and oxygen atoms in total. The van der Waals surface area contributed by atoms with E-state index in [1.807, 2.05) is 12.1 Å². The number of nitrogens with zero attached hydrogens (tertiary/aromatic N) is 2. The first-order valence-corrected chi connectivity index (χ1v) is 9.97. The van der Waals surface area contributed by atoms with Crippen LogP contribution in [-0.2, 0) is 16.1 Å². The summed E-state index contributed by atoms with van der Waals surface area (Å²) in [5, 5.41) is 0. The lowest BCUT2D eigenvalue weighted by molar-refractivity contribution is -0.143. The summed E-state index contributed by atoms with van der Waals surface area (Å²) in [4.78, 5) is 29.9. The highest BCUT2D eigenvalue weighted by Gasteiger charge is 2.19. The Hall–Kier alpha value is -3.33. The van der Waals surface area contributed by atoms with Crippen molar-refractivity contribution in [2.75, 3.05) is 27.9 Å². The second-order valence-electron chi connectivity index (χ2n) is 6.06. The summed E-state index contributed by atoms with van der Waals surface area (Å²) >= 11 is 1.27. The average molecular weight is 430 g/mol. The second-order valence-corrected chi connectivity index (χ2v) is 7.07. The molecule has 3 aromatic rings. The molecular weight excluding hydrogens is 408 g/mol. The van der Waals surface area contributed by atoms with E-state index >= 15 is 0 Å². The Morgan fingerprint density at radius 2 is 1.73 bits per heavy atom. The molecule has 0 aliphatic rings. The lowest BCUT2D eigenvalue weighted by Crippen LogP contribution is -2.23. The number of aromatic nitrogens is 1. The predicted molar refractivity (Wildman–Crippen MR) is 112 cm³/mol. The van der Waals surface area contributed by atoms with E-state index in [0.717, 1.165) is 10.2 Å². The van der Waals surface area contributed by atoms with Gasteiger partial charge in [0, 0.05) is 0 Å². The summed E-state index contributed by atoms with van der Waals surface area (Å²) in [5.41, 5.74) is 0.951. The monoisotopic (exact) mass is 430 g/mol. The lowest BCUT2D eigenvalue weighted by atomic mass is 10.1. The molecule has 1 amide bonds. The molecule has 0 aliphatic carbocycles. The van der Waals surface area contributed by atoms with Crippen molar-refractivity contribution in [1.82, 2.24) is 4.57 Å². The van der Waals surface area contributed by atoms with Crippen LogP contribution < -0.4 is 19.0 Å². The summed E-state index contributed by atoms with van der Waals surface area (Å²) in [6.07, 6.45) is 0. The van der Waals surface area contributed by atoms with E-state index in [1.165, 1.54) is 25.6 Å². The van der Waals surface area contributed by atoms with E-state index < -0.39 is 11.9 Å². The summed E-state index contributed by atoms with van der Waals surface area (Å²) in [6, 6.07) is 10.5. The molecule has 0 spiro atoms. The van der Waals surface area contributed by atoms with Gasteiger partial charge in [0.2, 0.25) is 0 Å². The number of hydrogen-bond acceptors (Lipinski definition) is 7. The van der Waals surface area contributed by atoms with Crippen LogP contribution in [0.2, 0.25) is 0 Å². The zero-order valence-electron chi connectivity index (χ0n) is 17.1. The maximum Gasteiger partial charge on any atom is 0.326 e. The van der Waals surface area contributed by atoms with Crippen molar-refractivity contribution in [1.29, 1.82) is 0 Å². The van der Waals surface area contributed by atoms with Crippen molar-refractivity contribution < 1.29 is 28.5 Å². The van der Waals surface area contributed by atoms with Gasteiger partial charge in [-0.25, -0.2) is 0 Å². The lowest BCUT2D eigenvalue weighted by Gasteiger charge is -2.10. The molecule has 158 valence electrons. The third-order valence-corrected chi connectivity index (χ3v) is 5.36. The van der Waals surface area contributed by atoms with Gasteiger partial charge in [-0.2, -0.15) is 4.99 Å². The average Bonchev–Trinajstić information content (AvgIpc) is 3.08. The normalized spacial score (nSPS) is 11.4. The quantitative estimate of drug-likeness (QED) is 0.536. The van der Waals surface area contributed by atoms with Crippen LogP contribution in [0.1, 0.15) is 17.3 Å². The molecule has 9 heteroatoms. The van der Waals surface area contributed by atoms with Gasteiger partial charge < -0.3 is 23.5 Å².